The van der Waals surface area contributed by atoms with Crippen LogP contribution in [-0.2, 0) is 0 Å². The summed E-state index contributed by atoms with van der Waals surface area (Å²) in [6.45, 7) is 4.98. The van der Waals surface area contributed by atoms with Crippen molar-refractivity contribution in [2.24, 2.45) is 0 Å². The van der Waals surface area contributed by atoms with Crippen molar-refractivity contribution in [3.8, 4) is 5.75 Å². The maximum absolute atomic E-state index is 6.30. The third-order valence-electron chi connectivity index (χ3n) is 3.22. The summed E-state index contributed by atoms with van der Waals surface area (Å²) >= 11 is 6.30. The second kappa shape index (κ2) is 6.73. The highest BCUT2D eigenvalue weighted by Crippen LogP contribution is 2.33. The lowest BCUT2D eigenvalue weighted by molar-refractivity contribution is 0.404. The van der Waals surface area contributed by atoms with E-state index in [1.807, 2.05) is 18.2 Å². The lowest BCUT2D eigenvalue weighted by Crippen LogP contribution is -2.23. The van der Waals surface area contributed by atoms with Crippen LogP contribution in [0.3, 0.4) is 0 Å². The van der Waals surface area contributed by atoms with Crippen molar-refractivity contribution in [1.29, 1.82) is 0 Å². The molecule has 4 heteroatoms. The quantitative estimate of drug-likeness (QED) is 0.910. The lowest BCUT2D eigenvalue weighted by Gasteiger charge is -2.22. The van der Waals surface area contributed by atoms with Crippen molar-refractivity contribution in [2.45, 2.75) is 19.9 Å². The molecule has 0 aliphatic heterocycles. The minimum Gasteiger partial charge on any atom is -0.496 e. The second-order valence-electron chi connectivity index (χ2n) is 4.63. The average molecular weight is 291 g/mol. The van der Waals surface area contributed by atoms with Gasteiger partial charge in [-0.05, 0) is 31.2 Å². The molecule has 3 nitrogen and oxygen atoms in total. The zero-order chi connectivity index (χ0) is 14.5. The number of rotatable bonds is 5. The molecule has 20 heavy (non-hydrogen) atoms. The number of methoxy groups -OCH3 is 1. The highest BCUT2D eigenvalue weighted by Gasteiger charge is 2.19. The Morgan fingerprint density at radius 1 is 1.30 bits per heavy atom. The van der Waals surface area contributed by atoms with Gasteiger partial charge in [0.1, 0.15) is 5.75 Å². The number of ether oxygens (including phenoxy) is 1. The van der Waals surface area contributed by atoms with Crippen LogP contribution in [0.15, 0.2) is 36.7 Å². The van der Waals surface area contributed by atoms with Gasteiger partial charge in [0.05, 0.1) is 18.2 Å². The molecule has 1 unspecified atom stereocenters. The zero-order valence-electron chi connectivity index (χ0n) is 12.0. The normalized spacial score (nSPS) is 12.2. The van der Waals surface area contributed by atoms with Crippen LogP contribution in [-0.4, -0.2) is 18.6 Å². The smallest absolute Gasteiger partial charge is 0.124 e. The van der Waals surface area contributed by atoms with E-state index in [-0.39, 0.29) is 6.04 Å². The summed E-state index contributed by atoms with van der Waals surface area (Å²) in [6.07, 6.45) is 3.43. The molecule has 0 saturated heterocycles. The van der Waals surface area contributed by atoms with Gasteiger partial charge in [0.2, 0.25) is 0 Å². The number of aryl methyl sites for hydroxylation is 1. The average Bonchev–Trinajstić information content (AvgIpc) is 2.46. The number of nitrogens with one attached hydrogen (secondary N) is 1. The molecule has 1 atom stereocenters. The van der Waals surface area contributed by atoms with Gasteiger partial charge in [-0.2, -0.15) is 0 Å². The molecule has 0 bridgehead atoms. The first kappa shape index (κ1) is 14.8. The number of hydrogen-bond acceptors (Lipinski definition) is 3. The van der Waals surface area contributed by atoms with Crippen LogP contribution in [0.1, 0.15) is 29.7 Å². The number of halogens is 1. The van der Waals surface area contributed by atoms with Crippen LogP contribution >= 0.6 is 11.6 Å². The van der Waals surface area contributed by atoms with Gasteiger partial charge in [-0.1, -0.05) is 36.2 Å². The second-order valence-corrected chi connectivity index (χ2v) is 5.04. The minimum atomic E-state index is -0.00894. The fourth-order valence-electron chi connectivity index (χ4n) is 2.29. The van der Waals surface area contributed by atoms with Crippen molar-refractivity contribution < 1.29 is 4.74 Å². The molecular formula is C16H19ClN2O. The number of benzene rings is 1. The third-order valence-corrected chi connectivity index (χ3v) is 3.54. The lowest BCUT2D eigenvalue weighted by atomic mass is 9.97. The van der Waals surface area contributed by atoms with Crippen molar-refractivity contribution in [3.63, 3.8) is 0 Å². The van der Waals surface area contributed by atoms with Crippen LogP contribution < -0.4 is 10.1 Å². The van der Waals surface area contributed by atoms with E-state index in [2.05, 4.69) is 30.2 Å². The Morgan fingerprint density at radius 3 is 2.75 bits per heavy atom. The summed E-state index contributed by atoms with van der Waals surface area (Å²) < 4.78 is 5.49. The molecule has 2 aromatic rings. The van der Waals surface area contributed by atoms with Crippen LogP contribution in [0, 0.1) is 6.92 Å². The minimum absolute atomic E-state index is 0.00894. The molecule has 0 amide bonds. The molecule has 0 radical (unpaired) electrons. The predicted molar refractivity (Wildman–Crippen MR) is 82.5 cm³/mol. The standard InChI is InChI=1S/C16H19ClN2O/c1-4-19-16(12-7-8-18-10-14(12)17)13-9-11(2)5-6-15(13)20-3/h5-10,16,19H,4H2,1-3H3. The molecule has 2 rings (SSSR count). The van der Waals surface area contributed by atoms with E-state index in [1.165, 1.54) is 5.56 Å². The Balaban J connectivity index is 2.54. The predicted octanol–water partition coefficient (Wildman–Crippen LogP) is 3.75. The van der Waals surface area contributed by atoms with Crippen LogP contribution in [0.5, 0.6) is 5.75 Å². The van der Waals surface area contributed by atoms with Crippen LogP contribution in [0.4, 0.5) is 0 Å². The molecular weight excluding hydrogens is 272 g/mol. The first-order valence-corrected chi connectivity index (χ1v) is 7.02. The van der Waals surface area contributed by atoms with Gasteiger partial charge in [0, 0.05) is 18.0 Å². The third kappa shape index (κ3) is 3.11. The molecule has 1 N–H and O–H groups in total. The zero-order valence-corrected chi connectivity index (χ0v) is 12.7. The maximum Gasteiger partial charge on any atom is 0.124 e. The Bertz CT molecular complexity index is 586. The van der Waals surface area contributed by atoms with Crippen molar-refractivity contribution in [1.82, 2.24) is 10.3 Å². The number of aromatic nitrogens is 1. The maximum atomic E-state index is 6.30. The first-order valence-electron chi connectivity index (χ1n) is 6.64. The van der Waals surface area contributed by atoms with E-state index in [4.69, 9.17) is 16.3 Å². The highest BCUT2D eigenvalue weighted by atomic mass is 35.5. The Hall–Kier alpha value is -1.58. The van der Waals surface area contributed by atoms with Gasteiger partial charge in [-0.15, -0.1) is 0 Å². The van der Waals surface area contributed by atoms with Gasteiger partial charge in [0.25, 0.3) is 0 Å². The van der Waals surface area contributed by atoms with Crippen molar-refractivity contribution in [2.75, 3.05) is 13.7 Å². The Labute approximate surface area is 124 Å². The molecule has 0 spiro atoms. The summed E-state index contributed by atoms with van der Waals surface area (Å²) in [5.41, 5.74) is 3.28. The fraction of sp³-hybridized carbons (Fsp3) is 0.312. The largest absolute Gasteiger partial charge is 0.496 e. The number of pyridine rings is 1. The van der Waals surface area contributed by atoms with E-state index in [1.54, 1.807) is 19.5 Å². The summed E-state index contributed by atoms with van der Waals surface area (Å²) in [7, 11) is 1.69. The van der Waals surface area contributed by atoms with E-state index >= 15 is 0 Å². The molecule has 1 aromatic heterocycles. The topological polar surface area (TPSA) is 34.2 Å². The summed E-state index contributed by atoms with van der Waals surface area (Å²) in [4.78, 5) is 4.05. The van der Waals surface area contributed by atoms with Gasteiger partial charge >= 0.3 is 0 Å². The molecule has 1 heterocycles. The number of nitrogens with zero attached hydrogens (tertiary/aromatic N) is 1. The SMILES string of the molecule is CCNC(c1ccncc1Cl)c1cc(C)ccc1OC. The number of hydrogen-bond donors (Lipinski definition) is 1. The summed E-state index contributed by atoms with van der Waals surface area (Å²) in [5.74, 6) is 0.856. The summed E-state index contributed by atoms with van der Waals surface area (Å²) in [6, 6.07) is 8.09. The first-order chi connectivity index (χ1) is 9.67. The molecule has 106 valence electrons. The molecule has 0 aliphatic rings. The van der Waals surface area contributed by atoms with Crippen LogP contribution in [0.25, 0.3) is 0 Å². The van der Waals surface area contributed by atoms with E-state index < -0.39 is 0 Å². The molecule has 1 aromatic carbocycles. The highest BCUT2D eigenvalue weighted by molar-refractivity contribution is 6.31. The van der Waals surface area contributed by atoms with Crippen molar-refractivity contribution in [3.05, 3.63) is 58.4 Å². The fourth-order valence-corrected chi connectivity index (χ4v) is 2.52. The van der Waals surface area contributed by atoms with Crippen LogP contribution in [0.2, 0.25) is 5.02 Å². The van der Waals surface area contributed by atoms with Crippen molar-refractivity contribution >= 4 is 11.6 Å². The molecule has 0 fully saturated rings. The van der Waals surface area contributed by atoms with Gasteiger partial charge in [-0.25, -0.2) is 0 Å². The van der Waals surface area contributed by atoms with E-state index in [9.17, 15) is 0 Å². The molecule has 0 saturated carbocycles. The van der Waals surface area contributed by atoms with Gasteiger partial charge in [0.15, 0.2) is 0 Å². The van der Waals surface area contributed by atoms with Gasteiger partial charge in [-0.3, -0.25) is 4.98 Å². The van der Waals surface area contributed by atoms with E-state index in [0.717, 1.165) is 23.4 Å². The van der Waals surface area contributed by atoms with Gasteiger partial charge < -0.3 is 10.1 Å². The summed E-state index contributed by atoms with van der Waals surface area (Å²) in [5, 5.41) is 4.12. The Kier molecular flexibility index (Phi) is 4.99. The molecule has 0 aliphatic carbocycles. The monoisotopic (exact) mass is 290 g/mol. The Morgan fingerprint density at radius 2 is 2.10 bits per heavy atom. The van der Waals surface area contributed by atoms with E-state index in [0.29, 0.717) is 5.02 Å².